The summed E-state index contributed by atoms with van der Waals surface area (Å²) in [5, 5.41) is 0. The molecule has 0 heterocycles. The van der Waals surface area contributed by atoms with Crippen molar-refractivity contribution < 1.29 is 0 Å². The van der Waals surface area contributed by atoms with Crippen LogP contribution in [-0.2, 0) is 0 Å². The number of hydrogen-bond donors (Lipinski definition) is 0. The first kappa shape index (κ1) is 30.7. The standard InChI is InChI=1S/C34H58/c1-13-34(12,23-21-30(8)32-19-18-31(9)33(10,11)24-32)22-20-26(4)14-15-28(6)29(7)17-16-27(5)25(2)3/h13,20,22,24,26-28,30-31H,1-2,7,14-19,21,23H2,3-6,8-12H3/b22-20+/t26-,27+,28+,30+,31+,34-/m0/s1. The second-order valence-corrected chi connectivity index (χ2v) is 12.9. The smallest absolute Gasteiger partial charge is 0.00303 e. The van der Waals surface area contributed by atoms with Gasteiger partial charge >= 0.3 is 0 Å². The van der Waals surface area contributed by atoms with Gasteiger partial charge in [0.25, 0.3) is 0 Å². The molecule has 6 atom stereocenters. The Hall–Kier alpha value is -1.30. The first-order valence-electron chi connectivity index (χ1n) is 14.1. The zero-order chi connectivity index (χ0) is 26.1. The lowest BCUT2D eigenvalue weighted by molar-refractivity contribution is 0.261. The first-order valence-corrected chi connectivity index (χ1v) is 14.1. The summed E-state index contributed by atoms with van der Waals surface area (Å²) in [5.74, 6) is 3.22. The molecule has 0 heteroatoms. The molecule has 0 saturated heterocycles. The Kier molecular flexibility index (Phi) is 12.4. The summed E-state index contributed by atoms with van der Waals surface area (Å²) < 4.78 is 0. The van der Waals surface area contributed by atoms with Crippen molar-refractivity contribution in [2.45, 2.75) is 114 Å². The molecule has 34 heavy (non-hydrogen) atoms. The van der Waals surface area contributed by atoms with Gasteiger partial charge in [0.1, 0.15) is 0 Å². The quantitative estimate of drug-likeness (QED) is 0.210. The van der Waals surface area contributed by atoms with Gasteiger partial charge in [0.2, 0.25) is 0 Å². The van der Waals surface area contributed by atoms with Crippen LogP contribution in [0.25, 0.3) is 0 Å². The zero-order valence-electron chi connectivity index (χ0n) is 24.5. The monoisotopic (exact) mass is 466 g/mol. The molecule has 1 aliphatic carbocycles. The van der Waals surface area contributed by atoms with Gasteiger partial charge in [0, 0.05) is 5.41 Å². The molecule has 0 unspecified atom stereocenters. The minimum Gasteiger partial charge on any atom is -0.102 e. The van der Waals surface area contributed by atoms with Crippen LogP contribution in [0.4, 0.5) is 0 Å². The minimum atomic E-state index is 0.0778. The van der Waals surface area contributed by atoms with E-state index in [1.165, 1.54) is 56.1 Å². The van der Waals surface area contributed by atoms with E-state index in [1.54, 1.807) is 5.57 Å². The Labute approximate surface area is 214 Å². The van der Waals surface area contributed by atoms with Gasteiger partial charge in [-0.05, 0) is 93.3 Å². The topological polar surface area (TPSA) is 0 Å². The summed E-state index contributed by atoms with van der Waals surface area (Å²) in [7, 11) is 0. The molecule has 194 valence electrons. The van der Waals surface area contributed by atoms with Gasteiger partial charge in [0.15, 0.2) is 0 Å². The molecule has 0 aromatic carbocycles. The van der Waals surface area contributed by atoms with Crippen LogP contribution in [-0.4, -0.2) is 0 Å². The van der Waals surface area contributed by atoms with Gasteiger partial charge in [-0.25, -0.2) is 0 Å². The third-order valence-corrected chi connectivity index (χ3v) is 9.21. The van der Waals surface area contributed by atoms with Crippen LogP contribution in [0.15, 0.2) is 60.8 Å². The molecule has 1 aliphatic rings. The Balaban J connectivity index is 2.54. The molecule has 0 spiro atoms. The van der Waals surface area contributed by atoms with Crippen LogP contribution < -0.4 is 0 Å². The largest absolute Gasteiger partial charge is 0.102 e. The van der Waals surface area contributed by atoms with E-state index in [2.05, 4.69) is 106 Å². The third kappa shape index (κ3) is 10.1. The fourth-order valence-corrected chi connectivity index (χ4v) is 4.89. The fourth-order valence-electron chi connectivity index (χ4n) is 4.89. The fraction of sp³-hybridized carbons (Fsp3) is 0.706. The maximum Gasteiger partial charge on any atom is 0.00303 e. The molecule has 0 amide bonds. The molecule has 0 nitrogen and oxygen atoms in total. The van der Waals surface area contributed by atoms with Crippen molar-refractivity contribution in [3.63, 3.8) is 0 Å². The predicted octanol–water partition coefficient (Wildman–Crippen LogP) is 11.1. The van der Waals surface area contributed by atoms with Gasteiger partial charge in [0.05, 0.1) is 0 Å². The number of rotatable bonds is 15. The van der Waals surface area contributed by atoms with Crippen molar-refractivity contribution in [2.75, 3.05) is 0 Å². The Morgan fingerprint density at radius 3 is 2.29 bits per heavy atom. The summed E-state index contributed by atoms with van der Waals surface area (Å²) >= 11 is 0. The van der Waals surface area contributed by atoms with E-state index in [1.807, 2.05) is 0 Å². The Morgan fingerprint density at radius 2 is 1.74 bits per heavy atom. The van der Waals surface area contributed by atoms with Crippen LogP contribution in [0.1, 0.15) is 114 Å². The van der Waals surface area contributed by atoms with Crippen molar-refractivity contribution in [1.29, 1.82) is 0 Å². The molecule has 0 fully saturated rings. The van der Waals surface area contributed by atoms with E-state index in [0.717, 1.165) is 12.3 Å². The average molecular weight is 467 g/mol. The van der Waals surface area contributed by atoms with Crippen LogP contribution in [0, 0.1) is 40.4 Å². The zero-order valence-corrected chi connectivity index (χ0v) is 24.5. The molecule has 0 aromatic heterocycles. The van der Waals surface area contributed by atoms with E-state index < -0.39 is 0 Å². The van der Waals surface area contributed by atoms with Crippen LogP contribution in [0.2, 0.25) is 0 Å². The molecule has 0 saturated carbocycles. The van der Waals surface area contributed by atoms with Gasteiger partial charge in [-0.2, -0.15) is 0 Å². The van der Waals surface area contributed by atoms with Crippen LogP contribution in [0.3, 0.4) is 0 Å². The molecular formula is C34H58. The van der Waals surface area contributed by atoms with Crippen LogP contribution in [0.5, 0.6) is 0 Å². The highest BCUT2D eigenvalue weighted by Crippen LogP contribution is 2.42. The maximum atomic E-state index is 4.39. The third-order valence-electron chi connectivity index (χ3n) is 9.21. The SMILES string of the molecule is C=C[C@@](C)(/C=C/[C@@H](C)CC[C@@H](C)C(=C)CC[C@@H](C)C(=C)C)CC[C@@H](C)C1=CC(C)(C)[C@H](C)CC1. The summed E-state index contributed by atoms with van der Waals surface area (Å²) in [6, 6.07) is 0. The van der Waals surface area contributed by atoms with Crippen LogP contribution >= 0.6 is 0 Å². The Bertz CT molecular complexity index is 729. The lowest BCUT2D eigenvalue weighted by atomic mass is 9.69. The minimum absolute atomic E-state index is 0.0778. The van der Waals surface area contributed by atoms with E-state index >= 15 is 0 Å². The summed E-state index contributed by atoms with van der Waals surface area (Å²) in [4.78, 5) is 0. The lowest BCUT2D eigenvalue weighted by Crippen LogP contribution is -2.25. The maximum absolute atomic E-state index is 4.39. The van der Waals surface area contributed by atoms with Crippen molar-refractivity contribution in [1.82, 2.24) is 0 Å². The van der Waals surface area contributed by atoms with Crippen molar-refractivity contribution >= 4 is 0 Å². The molecule has 0 aliphatic heterocycles. The second kappa shape index (κ2) is 13.7. The summed E-state index contributed by atoms with van der Waals surface area (Å²) in [5.41, 5.74) is 4.79. The lowest BCUT2D eigenvalue weighted by Gasteiger charge is -2.36. The van der Waals surface area contributed by atoms with Gasteiger partial charge in [-0.3, -0.25) is 0 Å². The normalized spacial score (nSPS) is 23.4. The molecule has 0 N–H and O–H groups in total. The van der Waals surface area contributed by atoms with E-state index in [0.29, 0.717) is 29.1 Å². The van der Waals surface area contributed by atoms with Crippen molar-refractivity contribution in [2.24, 2.45) is 40.4 Å². The highest BCUT2D eigenvalue weighted by molar-refractivity contribution is 5.16. The predicted molar refractivity (Wildman–Crippen MR) is 156 cm³/mol. The molecule has 0 bridgehead atoms. The summed E-state index contributed by atoms with van der Waals surface area (Å²) in [6.07, 6.45) is 19.4. The van der Waals surface area contributed by atoms with E-state index in [-0.39, 0.29) is 5.41 Å². The highest BCUT2D eigenvalue weighted by atomic mass is 14.3. The first-order chi connectivity index (χ1) is 15.7. The molecule has 1 rings (SSSR count). The molecule has 0 aromatic rings. The molecular weight excluding hydrogens is 408 g/mol. The molecule has 0 radical (unpaired) electrons. The Morgan fingerprint density at radius 1 is 1.09 bits per heavy atom. The van der Waals surface area contributed by atoms with Gasteiger partial charge in [-0.15, -0.1) is 6.58 Å². The highest BCUT2D eigenvalue weighted by Gasteiger charge is 2.30. The summed E-state index contributed by atoms with van der Waals surface area (Å²) in [6.45, 7) is 33.8. The average Bonchev–Trinajstić information content (AvgIpc) is 2.79. The van der Waals surface area contributed by atoms with Gasteiger partial charge < -0.3 is 0 Å². The van der Waals surface area contributed by atoms with Gasteiger partial charge in [-0.1, -0.05) is 110 Å². The van der Waals surface area contributed by atoms with E-state index in [4.69, 9.17) is 0 Å². The second-order valence-electron chi connectivity index (χ2n) is 12.9. The van der Waals surface area contributed by atoms with E-state index in [9.17, 15) is 0 Å². The van der Waals surface area contributed by atoms with Crippen molar-refractivity contribution in [3.05, 3.63) is 60.8 Å². The number of hydrogen-bond acceptors (Lipinski definition) is 0. The van der Waals surface area contributed by atoms with Crippen molar-refractivity contribution in [3.8, 4) is 0 Å². The number of allylic oxidation sites excluding steroid dienone is 7.